The van der Waals surface area contributed by atoms with Gasteiger partial charge < -0.3 is 14.4 Å². The SMILES string of the molecule is CCN1CCN(C(=O)C2CCn3c(cnc3C(F)(F)F)C2)c2ccccc21. The number of hydrogen-bond donors (Lipinski definition) is 0. The van der Waals surface area contributed by atoms with Crippen molar-refractivity contribution < 1.29 is 18.0 Å². The van der Waals surface area contributed by atoms with Crippen molar-refractivity contribution in [3.05, 3.63) is 42.0 Å². The number of para-hydroxylation sites is 2. The van der Waals surface area contributed by atoms with E-state index in [-0.39, 0.29) is 24.8 Å². The van der Waals surface area contributed by atoms with Crippen molar-refractivity contribution in [2.24, 2.45) is 5.92 Å². The first-order chi connectivity index (χ1) is 12.9. The van der Waals surface area contributed by atoms with Gasteiger partial charge in [-0.3, -0.25) is 4.79 Å². The van der Waals surface area contributed by atoms with E-state index < -0.39 is 12.0 Å². The maximum Gasteiger partial charge on any atom is 0.449 e. The lowest BCUT2D eigenvalue weighted by Crippen LogP contribution is -2.47. The van der Waals surface area contributed by atoms with Crippen LogP contribution in [0.25, 0.3) is 0 Å². The van der Waals surface area contributed by atoms with Gasteiger partial charge in [0.05, 0.1) is 11.4 Å². The highest BCUT2D eigenvalue weighted by molar-refractivity contribution is 5.99. The summed E-state index contributed by atoms with van der Waals surface area (Å²) in [5.41, 5.74) is 2.39. The van der Waals surface area contributed by atoms with E-state index >= 15 is 0 Å². The molecular formula is C19H21F3N4O. The lowest BCUT2D eigenvalue weighted by atomic mass is 9.94. The van der Waals surface area contributed by atoms with Crippen molar-refractivity contribution in [2.75, 3.05) is 29.4 Å². The molecule has 27 heavy (non-hydrogen) atoms. The molecule has 1 unspecified atom stereocenters. The van der Waals surface area contributed by atoms with Crippen molar-refractivity contribution in [3.63, 3.8) is 0 Å². The smallest absolute Gasteiger partial charge is 0.368 e. The number of halogens is 3. The molecule has 2 aromatic rings. The van der Waals surface area contributed by atoms with E-state index in [0.29, 0.717) is 18.7 Å². The molecule has 0 N–H and O–H groups in total. The topological polar surface area (TPSA) is 41.4 Å². The minimum Gasteiger partial charge on any atom is -0.368 e. The zero-order valence-electron chi connectivity index (χ0n) is 15.0. The second kappa shape index (κ2) is 6.58. The van der Waals surface area contributed by atoms with Crippen LogP contribution in [0.2, 0.25) is 0 Å². The fourth-order valence-electron chi connectivity index (χ4n) is 4.10. The Balaban J connectivity index is 1.57. The highest BCUT2D eigenvalue weighted by Crippen LogP contribution is 2.36. The Morgan fingerprint density at radius 1 is 1.19 bits per heavy atom. The Morgan fingerprint density at radius 2 is 1.93 bits per heavy atom. The standard InChI is InChI=1S/C19H21F3N4O/c1-2-24-9-10-26(16-6-4-3-5-15(16)24)17(27)13-7-8-25-14(11-13)12-23-18(25)19(20,21)22/h3-6,12-13H,2,7-11H2,1H3. The van der Waals surface area contributed by atoms with E-state index in [1.807, 2.05) is 24.3 Å². The Hall–Kier alpha value is -2.51. The molecular weight excluding hydrogens is 357 g/mol. The summed E-state index contributed by atoms with van der Waals surface area (Å²) in [6, 6.07) is 7.80. The molecule has 2 aliphatic rings. The van der Waals surface area contributed by atoms with Crippen LogP contribution in [0.15, 0.2) is 30.5 Å². The number of anilines is 2. The first kappa shape index (κ1) is 17.9. The first-order valence-electron chi connectivity index (χ1n) is 9.17. The third-order valence-corrected chi connectivity index (χ3v) is 5.45. The average Bonchev–Trinajstić information content (AvgIpc) is 3.10. The van der Waals surface area contributed by atoms with Crippen LogP contribution in [0, 0.1) is 5.92 Å². The highest BCUT2D eigenvalue weighted by Gasteiger charge is 2.40. The van der Waals surface area contributed by atoms with E-state index in [2.05, 4.69) is 16.8 Å². The molecule has 0 radical (unpaired) electrons. The summed E-state index contributed by atoms with van der Waals surface area (Å²) in [6.07, 6.45) is -2.53. The van der Waals surface area contributed by atoms with Crippen LogP contribution < -0.4 is 9.80 Å². The van der Waals surface area contributed by atoms with Crippen molar-refractivity contribution in [2.45, 2.75) is 32.5 Å². The van der Waals surface area contributed by atoms with Crippen molar-refractivity contribution in [1.82, 2.24) is 9.55 Å². The van der Waals surface area contributed by atoms with Gasteiger partial charge in [0.2, 0.25) is 11.7 Å². The second-order valence-electron chi connectivity index (χ2n) is 6.97. The molecule has 0 aliphatic carbocycles. The number of carbonyl (C=O) groups excluding carboxylic acids is 1. The van der Waals surface area contributed by atoms with Gasteiger partial charge in [-0.1, -0.05) is 12.1 Å². The molecule has 0 fully saturated rings. The molecule has 1 aromatic carbocycles. The Morgan fingerprint density at radius 3 is 2.63 bits per heavy atom. The van der Waals surface area contributed by atoms with Gasteiger partial charge in [0, 0.05) is 50.4 Å². The van der Waals surface area contributed by atoms with Crippen LogP contribution in [0.3, 0.4) is 0 Å². The van der Waals surface area contributed by atoms with Crippen LogP contribution in [-0.4, -0.2) is 35.1 Å². The molecule has 1 aromatic heterocycles. The number of fused-ring (bicyclic) bond motifs is 2. The van der Waals surface area contributed by atoms with Gasteiger partial charge in [-0.2, -0.15) is 13.2 Å². The normalized spacial score (nSPS) is 19.6. The second-order valence-corrected chi connectivity index (χ2v) is 6.97. The zero-order chi connectivity index (χ0) is 19.2. The van der Waals surface area contributed by atoms with Gasteiger partial charge in [-0.05, 0) is 25.5 Å². The summed E-state index contributed by atoms with van der Waals surface area (Å²) < 4.78 is 40.3. The summed E-state index contributed by atoms with van der Waals surface area (Å²) in [5, 5.41) is 0. The van der Waals surface area contributed by atoms with Crippen LogP contribution in [0.5, 0.6) is 0 Å². The summed E-state index contributed by atoms with van der Waals surface area (Å²) in [7, 11) is 0. The van der Waals surface area contributed by atoms with Gasteiger partial charge in [0.1, 0.15) is 0 Å². The molecule has 0 spiro atoms. The van der Waals surface area contributed by atoms with Gasteiger partial charge in [0.25, 0.3) is 0 Å². The van der Waals surface area contributed by atoms with E-state index in [0.717, 1.165) is 24.5 Å². The summed E-state index contributed by atoms with van der Waals surface area (Å²) in [6.45, 7) is 4.45. The molecule has 2 aliphatic heterocycles. The van der Waals surface area contributed by atoms with Crippen LogP contribution in [0.1, 0.15) is 24.9 Å². The number of alkyl halides is 3. The number of rotatable bonds is 2. The molecule has 3 heterocycles. The molecule has 0 saturated carbocycles. The predicted molar refractivity (Wildman–Crippen MR) is 95.7 cm³/mol. The molecule has 144 valence electrons. The Bertz CT molecular complexity index is 861. The van der Waals surface area contributed by atoms with Crippen molar-refractivity contribution >= 4 is 17.3 Å². The number of likely N-dealkylation sites (N-methyl/N-ethyl adjacent to an activating group) is 1. The summed E-state index contributed by atoms with van der Waals surface area (Å²) in [4.78, 5) is 20.7. The molecule has 0 saturated heterocycles. The number of amides is 1. The molecule has 5 nitrogen and oxygen atoms in total. The number of carbonyl (C=O) groups is 1. The number of nitrogens with zero attached hydrogens (tertiary/aromatic N) is 4. The van der Waals surface area contributed by atoms with Gasteiger partial charge in [0.15, 0.2) is 0 Å². The van der Waals surface area contributed by atoms with Gasteiger partial charge in [-0.15, -0.1) is 0 Å². The van der Waals surface area contributed by atoms with Gasteiger partial charge in [-0.25, -0.2) is 4.98 Å². The minimum absolute atomic E-state index is 0.0146. The zero-order valence-corrected chi connectivity index (χ0v) is 15.0. The quantitative estimate of drug-likeness (QED) is 0.805. The van der Waals surface area contributed by atoms with Crippen LogP contribution >= 0.6 is 0 Å². The van der Waals surface area contributed by atoms with E-state index in [1.165, 1.54) is 10.8 Å². The molecule has 1 atom stereocenters. The van der Waals surface area contributed by atoms with Crippen LogP contribution in [0.4, 0.5) is 24.5 Å². The van der Waals surface area contributed by atoms with E-state index in [9.17, 15) is 18.0 Å². The average molecular weight is 378 g/mol. The van der Waals surface area contributed by atoms with Crippen molar-refractivity contribution in [1.29, 1.82) is 0 Å². The van der Waals surface area contributed by atoms with Crippen LogP contribution in [-0.2, 0) is 23.9 Å². The Labute approximate surface area is 155 Å². The lowest BCUT2D eigenvalue weighted by Gasteiger charge is -2.39. The molecule has 8 heteroatoms. The minimum atomic E-state index is -4.47. The lowest BCUT2D eigenvalue weighted by molar-refractivity contribution is -0.147. The number of imidazole rings is 1. The van der Waals surface area contributed by atoms with Gasteiger partial charge >= 0.3 is 6.18 Å². The summed E-state index contributed by atoms with van der Waals surface area (Å²) >= 11 is 0. The predicted octanol–water partition coefficient (Wildman–Crippen LogP) is 3.34. The fraction of sp³-hybridized carbons (Fsp3) is 0.474. The first-order valence-corrected chi connectivity index (χ1v) is 9.17. The molecule has 4 rings (SSSR count). The van der Waals surface area contributed by atoms with Crippen molar-refractivity contribution in [3.8, 4) is 0 Å². The highest BCUT2D eigenvalue weighted by atomic mass is 19.4. The maximum absolute atomic E-state index is 13.2. The largest absolute Gasteiger partial charge is 0.449 e. The number of hydrogen-bond acceptors (Lipinski definition) is 3. The van der Waals surface area contributed by atoms with E-state index in [4.69, 9.17) is 0 Å². The maximum atomic E-state index is 13.2. The molecule has 1 amide bonds. The third-order valence-electron chi connectivity index (χ3n) is 5.45. The number of aromatic nitrogens is 2. The molecule has 0 bridgehead atoms. The monoisotopic (exact) mass is 378 g/mol. The number of benzene rings is 1. The Kier molecular flexibility index (Phi) is 4.36. The summed E-state index contributed by atoms with van der Waals surface area (Å²) in [5.74, 6) is -1.21. The van der Waals surface area contributed by atoms with E-state index in [1.54, 1.807) is 4.90 Å². The third kappa shape index (κ3) is 3.07. The fourth-order valence-corrected chi connectivity index (χ4v) is 4.10.